The summed E-state index contributed by atoms with van der Waals surface area (Å²) in [5.41, 5.74) is 3.74. The maximum atomic E-state index is 12.2. The molecule has 3 aliphatic rings. The molecule has 0 spiro atoms. The molecular weight excluding hydrogens is 450 g/mol. The molecule has 0 saturated carbocycles. The van der Waals surface area contributed by atoms with Crippen molar-refractivity contribution in [2.24, 2.45) is 15.9 Å². The van der Waals surface area contributed by atoms with Crippen molar-refractivity contribution in [1.82, 2.24) is 4.90 Å². The Kier molecular flexibility index (Phi) is 5.57. The van der Waals surface area contributed by atoms with Crippen LogP contribution in [0.1, 0.15) is 28.5 Å². The maximum absolute atomic E-state index is 12.2. The summed E-state index contributed by atoms with van der Waals surface area (Å²) >= 11 is 8.19. The summed E-state index contributed by atoms with van der Waals surface area (Å²) in [4.78, 5) is 25.3. The molecule has 5 rings (SSSR count). The number of aliphatic imine (C=N–C) groups is 2. The Hall–Kier alpha value is -2.26. The van der Waals surface area contributed by atoms with Crippen LogP contribution in [0.15, 0.2) is 34.3 Å². The molecule has 1 saturated heterocycles. The standard InChI is InChI=1S/C23H24ClN3O4S/c1-23(30-8-9-31-23)27(2)18-12-25-20(14-6-4-5-7-16(14)24)19-15-10-13(22(28)29-3)11-17(15)32-21(19)26-18/h4-7,13H,8-12H2,1-3H3. The zero-order valence-electron chi connectivity index (χ0n) is 18.2. The molecule has 32 heavy (non-hydrogen) atoms. The Labute approximate surface area is 195 Å². The Balaban J connectivity index is 1.61. The van der Waals surface area contributed by atoms with Gasteiger partial charge in [0.1, 0.15) is 10.8 Å². The van der Waals surface area contributed by atoms with Gasteiger partial charge in [-0.2, -0.15) is 0 Å². The van der Waals surface area contributed by atoms with E-state index in [9.17, 15) is 4.79 Å². The van der Waals surface area contributed by atoms with Crippen LogP contribution in [0.2, 0.25) is 5.02 Å². The Morgan fingerprint density at radius 3 is 2.75 bits per heavy atom. The predicted molar refractivity (Wildman–Crippen MR) is 124 cm³/mol. The summed E-state index contributed by atoms with van der Waals surface area (Å²) in [7, 11) is 3.35. The molecule has 3 heterocycles. The molecule has 1 fully saturated rings. The lowest BCUT2D eigenvalue weighted by Gasteiger charge is -2.34. The van der Waals surface area contributed by atoms with E-state index in [0.717, 1.165) is 38.1 Å². The van der Waals surface area contributed by atoms with E-state index in [1.165, 1.54) is 7.11 Å². The highest BCUT2D eigenvalue weighted by atomic mass is 35.5. The van der Waals surface area contributed by atoms with Gasteiger partial charge in [-0.1, -0.05) is 29.8 Å². The monoisotopic (exact) mass is 473 g/mol. The van der Waals surface area contributed by atoms with Crippen LogP contribution in [-0.2, 0) is 31.8 Å². The molecule has 1 atom stereocenters. The number of hydrogen-bond acceptors (Lipinski definition) is 8. The molecule has 0 N–H and O–H groups in total. The molecular formula is C23H24ClN3O4S. The van der Waals surface area contributed by atoms with Gasteiger partial charge >= 0.3 is 5.97 Å². The van der Waals surface area contributed by atoms with E-state index in [0.29, 0.717) is 37.6 Å². The first-order valence-electron chi connectivity index (χ1n) is 10.5. The summed E-state index contributed by atoms with van der Waals surface area (Å²) < 4.78 is 16.7. The van der Waals surface area contributed by atoms with Crippen molar-refractivity contribution in [2.45, 2.75) is 25.7 Å². The normalized spacial score (nSPS) is 21.3. The minimum atomic E-state index is -0.876. The van der Waals surface area contributed by atoms with Gasteiger partial charge in [-0.3, -0.25) is 9.79 Å². The fourth-order valence-electron chi connectivity index (χ4n) is 4.44. The number of carbonyl (C=O) groups excluding carboxylic acids is 1. The number of thiophene rings is 1. The summed E-state index contributed by atoms with van der Waals surface area (Å²) in [5.74, 6) is -0.478. The summed E-state index contributed by atoms with van der Waals surface area (Å²) in [5, 5.41) is 1.50. The number of fused-ring (bicyclic) bond motifs is 3. The van der Waals surface area contributed by atoms with Crippen molar-refractivity contribution in [1.29, 1.82) is 0 Å². The van der Waals surface area contributed by atoms with E-state index >= 15 is 0 Å². The third kappa shape index (κ3) is 3.55. The lowest BCUT2D eigenvalue weighted by molar-refractivity contribution is -0.213. The Morgan fingerprint density at radius 1 is 1.28 bits per heavy atom. The van der Waals surface area contributed by atoms with Crippen LogP contribution in [0.5, 0.6) is 0 Å². The highest BCUT2D eigenvalue weighted by Crippen LogP contribution is 2.45. The number of halogens is 1. The maximum Gasteiger partial charge on any atom is 0.309 e. The van der Waals surface area contributed by atoms with Crippen LogP contribution in [-0.4, -0.2) is 62.2 Å². The number of nitrogens with zero attached hydrogens (tertiary/aromatic N) is 3. The van der Waals surface area contributed by atoms with Crippen LogP contribution in [0.25, 0.3) is 0 Å². The highest BCUT2D eigenvalue weighted by Gasteiger charge is 2.40. The van der Waals surface area contributed by atoms with Gasteiger partial charge in [-0.05, 0) is 24.5 Å². The van der Waals surface area contributed by atoms with Gasteiger partial charge in [0.15, 0.2) is 0 Å². The first kappa shape index (κ1) is 21.6. The Bertz CT molecular complexity index is 1140. The number of hydrogen-bond donors (Lipinski definition) is 0. The van der Waals surface area contributed by atoms with Gasteiger partial charge in [0.25, 0.3) is 0 Å². The molecule has 1 aliphatic carbocycles. The molecule has 1 unspecified atom stereocenters. The van der Waals surface area contributed by atoms with Gasteiger partial charge in [-0.25, -0.2) is 4.99 Å². The third-order valence-electron chi connectivity index (χ3n) is 6.28. The number of benzene rings is 1. The minimum absolute atomic E-state index is 0.173. The van der Waals surface area contributed by atoms with Gasteiger partial charge < -0.3 is 19.1 Å². The lowest BCUT2D eigenvalue weighted by Crippen LogP contribution is -2.49. The minimum Gasteiger partial charge on any atom is -0.469 e. The van der Waals surface area contributed by atoms with Crippen molar-refractivity contribution in [2.75, 3.05) is 33.9 Å². The molecule has 1 aromatic heterocycles. The van der Waals surface area contributed by atoms with Crippen LogP contribution in [0.4, 0.5) is 5.00 Å². The van der Waals surface area contributed by atoms with E-state index in [1.54, 1.807) is 11.3 Å². The number of likely N-dealkylation sites (N-methyl/N-ethyl adjacent to an activating group) is 1. The van der Waals surface area contributed by atoms with Gasteiger partial charge in [0.05, 0.1) is 38.5 Å². The van der Waals surface area contributed by atoms with Crippen LogP contribution >= 0.6 is 22.9 Å². The van der Waals surface area contributed by atoms with E-state index in [4.69, 9.17) is 35.8 Å². The number of esters is 1. The van der Waals surface area contributed by atoms with Gasteiger partial charge in [-0.15, -0.1) is 11.3 Å². The molecule has 2 aliphatic heterocycles. The summed E-state index contributed by atoms with van der Waals surface area (Å²) in [6.45, 7) is 3.32. The first-order valence-corrected chi connectivity index (χ1v) is 11.7. The second kappa shape index (κ2) is 8.26. The van der Waals surface area contributed by atoms with Crippen molar-refractivity contribution in [3.63, 3.8) is 0 Å². The number of methoxy groups -OCH3 is 1. The molecule has 2 aromatic rings. The van der Waals surface area contributed by atoms with Gasteiger partial charge in [0, 0.05) is 35.0 Å². The lowest BCUT2D eigenvalue weighted by atomic mass is 9.98. The van der Waals surface area contributed by atoms with Crippen LogP contribution in [0.3, 0.4) is 0 Å². The van der Waals surface area contributed by atoms with E-state index in [1.807, 2.05) is 43.1 Å². The molecule has 168 valence electrons. The van der Waals surface area contributed by atoms with Crippen molar-refractivity contribution < 1.29 is 19.0 Å². The van der Waals surface area contributed by atoms with Crippen molar-refractivity contribution >= 4 is 45.5 Å². The predicted octanol–water partition coefficient (Wildman–Crippen LogP) is 3.82. The topological polar surface area (TPSA) is 72.7 Å². The smallest absolute Gasteiger partial charge is 0.309 e. The molecule has 1 aromatic carbocycles. The largest absolute Gasteiger partial charge is 0.469 e. The number of amidine groups is 1. The number of carbonyl (C=O) groups is 1. The average molecular weight is 474 g/mol. The Morgan fingerprint density at radius 2 is 2.03 bits per heavy atom. The fraction of sp³-hybridized carbons (Fsp3) is 0.435. The zero-order chi connectivity index (χ0) is 22.5. The highest BCUT2D eigenvalue weighted by molar-refractivity contribution is 7.16. The van der Waals surface area contributed by atoms with Gasteiger partial charge in [0.2, 0.25) is 5.91 Å². The molecule has 7 nitrogen and oxygen atoms in total. The zero-order valence-corrected chi connectivity index (χ0v) is 19.8. The van der Waals surface area contributed by atoms with E-state index in [-0.39, 0.29) is 11.9 Å². The molecule has 0 radical (unpaired) electrons. The number of rotatable bonds is 3. The van der Waals surface area contributed by atoms with Crippen molar-refractivity contribution in [3.05, 3.63) is 50.9 Å². The van der Waals surface area contributed by atoms with Crippen molar-refractivity contribution in [3.8, 4) is 0 Å². The summed E-state index contributed by atoms with van der Waals surface area (Å²) in [6.07, 6.45) is 1.27. The molecule has 0 bridgehead atoms. The van der Waals surface area contributed by atoms with E-state index in [2.05, 4.69) is 0 Å². The molecule has 0 amide bonds. The quantitative estimate of drug-likeness (QED) is 0.633. The van der Waals surface area contributed by atoms with Crippen LogP contribution < -0.4 is 0 Å². The fourth-order valence-corrected chi connectivity index (χ4v) is 5.97. The third-order valence-corrected chi connectivity index (χ3v) is 7.76. The second-order valence-corrected chi connectivity index (χ2v) is 9.63. The number of ether oxygens (including phenoxy) is 3. The average Bonchev–Trinajstić information content (AvgIpc) is 3.46. The van der Waals surface area contributed by atoms with Crippen LogP contribution in [0, 0.1) is 5.92 Å². The summed E-state index contributed by atoms with van der Waals surface area (Å²) in [6, 6.07) is 7.69. The SMILES string of the molecule is COC(=O)C1Cc2sc3c(c2C1)C(c1ccccc1Cl)=NCC(N(C)C1(C)OCCO1)=N3. The molecule has 9 heteroatoms. The first-order chi connectivity index (χ1) is 15.4. The second-order valence-electron chi connectivity index (χ2n) is 8.14. The van der Waals surface area contributed by atoms with E-state index < -0.39 is 5.91 Å².